The van der Waals surface area contributed by atoms with E-state index in [1.165, 1.54) is 0 Å². The molecule has 188 valence electrons. The maximum atomic E-state index is 13.9. The van der Waals surface area contributed by atoms with E-state index in [-0.39, 0.29) is 31.6 Å². The van der Waals surface area contributed by atoms with Crippen LogP contribution in [0.2, 0.25) is 0 Å². The predicted molar refractivity (Wildman–Crippen MR) is 110 cm³/mol. The molecular weight excluding hydrogens is 467 g/mol. The van der Waals surface area contributed by atoms with Crippen molar-refractivity contribution in [3.05, 3.63) is 11.3 Å². The highest BCUT2D eigenvalue weighted by Crippen LogP contribution is 2.63. The van der Waals surface area contributed by atoms with Crippen molar-refractivity contribution in [3.8, 4) is 0 Å². The second-order valence-electron chi connectivity index (χ2n) is 6.46. The van der Waals surface area contributed by atoms with Crippen LogP contribution in [-0.2, 0) is 46.9 Å². The molecular formula is C18H29N2O12P. The monoisotopic (exact) mass is 496 g/mol. The van der Waals surface area contributed by atoms with E-state index in [1.807, 2.05) is 0 Å². The highest BCUT2D eigenvalue weighted by Gasteiger charge is 2.64. The molecule has 1 saturated heterocycles. The summed E-state index contributed by atoms with van der Waals surface area (Å²) in [5, 5.41) is 1.58. The van der Waals surface area contributed by atoms with Gasteiger partial charge in [0.25, 0.3) is 5.28 Å². The summed E-state index contributed by atoms with van der Waals surface area (Å²) in [6, 6.07) is 0. The molecule has 2 amide bonds. The van der Waals surface area contributed by atoms with E-state index in [0.717, 1.165) is 42.7 Å². The number of nitrogens with one attached hydrogen (secondary N) is 2. The summed E-state index contributed by atoms with van der Waals surface area (Å²) in [5.41, 5.74) is -0.986. The van der Waals surface area contributed by atoms with Gasteiger partial charge in [0, 0.05) is 33.0 Å². The van der Waals surface area contributed by atoms with Gasteiger partial charge in [0.2, 0.25) is 0 Å². The SMILES string of the molecule is COC(=O)N/C(C(=O)OC)=C(/C1CCOCC1)C(NC(=O)OC)(C(=O)OC)P(=O)(OC)OC. The lowest BCUT2D eigenvalue weighted by Crippen LogP contribution is -2.59. The fraction of sp³-hybridized carbons (Fsp3) is 0.667. The van der Waals surface area contributed by atoms with Crippen LogP contribution in [0.15, 0.2) is 11.3 Å². The zero-order valence-electron chi connectivity index (χ0n) is 19.3. The molecule has 1 fully saturated rings. The predicted octanol–water partition coefficient (Wildman–Crippen LogP) is 0.907. The zero-order valence-corrected chi connectivity index (χ0v) is 20.1. The van der Waals surface area contributed by atoms with Crippen LogP contribution in [0.1, 0.15) is 12.8 Å². The molecule has 0 aromatic carbocycles. The van der Waals surface area contributed by atoms with Gasteiger partial charge in [-0.1, -0.05) is 0 Å². The third-order valence-corrected chi connectivity index (χ3v) is 7.25. The molecule has 1 unspecified atom stereocenters. The van der Waals surface area contributed by atoms with Gasteiger partial charge < -0.3 is 32.7 Å². The van der Waals surface area contributed by atoms with Crippen LogP contribution in [0.3, 0.4) is 0 Å². The van der Waals surface area contributed by atoms with Crippen molar-refractivity contribution < 1.29 is 56.5 Å². The van der Waals surface area contributed by atoms with E-state index >= 15 is 0 Å². The van der Waals surface area contributed by atoms with Crippen LogP contribution in [0, 0.1) is 5.92 Å². The fourth-order valence-electron chi connectivity index (χ4n) is 3.40. The van der Waals surface area contributed by atoms with E-state index in [9.17, 15) is 23.7 Å². The lowest BCUT2D eigenvalue weighted by molar-refractivity contribution is -0.144. The van der Waals surface area contributed by atoms with Gasteiger partial charge in [0.15, 0.2) is 0 Å². The van der Waals surface area contributed by atoms with E-state index in [4.69, 9.17) is 23.3 Å². The minimum absolute atomic E-state index is 0.181. The van der Waals surface area contributed by atoms with Crippen LogP contribution in [0.25, 0.3) is 0 Å². The number of esters is 2. The summed E-state index contributed by atoms with van der Waals surface area (Å²) in [6.07, 6.45) is -1.97. The summed E-state index contributed by atoms with van der Waals surface area (Å²) in [5.74, 6) is -3.24. The van der Waals surface area contributed by atoms with Crippen molar-refractivity contribution in [1.29, 1.82) is 0 Å². The second-order valence-corrected chi connectivity index (χ2v) is 8.86. The van der Waals surface area contributed by atoms with E-state index in [2.05, 4.69) is 20.1 Å². The maximum Gasteiger partial charge on any atom is 0.411 e. The van der Waals surface area contributed by atoms with Crippen molar-refractivity contribution in [2.24, 2.45) is 5.92 Å². The number of methoxy groups -OCH3 is 4. The Morgan fingerprint density at radius 3 is 1.82 bits per heavy atom. The maximum absolute atomic E-state index is 13.9. The molecule has 14 nitrogen and oxygen atoms in total. The van der Waals surface area contributed by atoms with Crippen molar-refractivity contribution >= 4 is 31.7 Å². The Morgan fingerprint density at radius 1 is 0.848 bits per heavy atom. The smallest absolute Gasteiger partial charge is 0.411 e. The number of alkyl carbamates (subject to hydrolysis) is 2. The quantitative estimate of drug-likeness (QED) is 0.200. The molecule has 0 aromatic rings. The molecule has 0 radical (unpaired) electrons. The molecule has 0 spiro atoms. The Morgan fingerprint density at radius 2 is 1.39 bits per heavy atom. The molecule has 2 N–H and O–H groups in total. The number of rotatable bonds is 9. The van der Waals surface area contributed by atoms with Crippen LogP contribution < -0.4 is 10.6 Å². The largest absolute Gasteiger partial charge is 0.467 e. The van der Waals surface area contributed by atoms with Crippen LogP contribution >= 0.6 is 7.60 Å². The number of hydrogen-bond donors (Lipinski definition) is 2. The van der Waals surface area contributed by atoms with Gasteiger partial charge in [-0.15, -0.1) is 0 Å². The summed E-state index contributed by atoms with van der Waals surface area (Å²) < 4.78 is 48.3. The summed E-state index contributed by atoms with van der Waals surface area (Å²) in [7, 11) is 1.21. The van der Waals surface area contributed by atoms with Gasteiger partial charge in [-0.25, -0.2) is 19.2 Å². The molecule has 1 heterocycles. The fourth-order valence-corrected chi connectivity index (χ4v) is 5.23. The molecule has 0 aliphatic carbocycles. The zero-order chi connectivity index (χ0) is 25.2. The van der Waals surface area contributed by atoms with Crippen LogP contribution in [0.5, 0.6) is 0 Å². The topological polar surface area (TPSA) is 174 Å². The molecule has 0 bridgehead atoms. The van der Waals surface area contributed by atoms with E-state index in [0.29, 0.717) is 0 Å². The normalized spacial score (nSPS) is 17.0. The van der Waals surface area contributed by atoms with E-state index in [1.54, 1.807) is 0 Å². The highest BCUT2D eigenvalue weighted by atomic mass is 31.2. The third-order valence-electron chi connectivity index (χ3n) is 4.93. The highest BCUT2D eigenvalue weighted by molar-refractivity contribution is 7.57. The van der Waals surface area contributed by atoms with Gasteiger partial charge in [-0.05, 0) is 18.8 Å². The Hall–Kier alpha value is -2.67. The van der Waals surface area contributed by atoms with Gasteiger partial charge in [-0.2, -0.15) is 0 Å². The average Bonchev–Trinajstić information content (AvgIpc) is 2.86. The lowest BCUT2D eigenvalue weighted by atomic mass is 9.84. The standard InChI is InChI=1S/C18H29N2O12P/c1-26-14(21)13(19-16(23)28-3)12(11-7-9-32-10-8-11)18(15(22)27-2,20-17(24)29-4)33(25,30-5)31-6/h11H,7-10H2,1-6H3,(H,19,23)(H,20,24)/b13-12-. The molecule has 33 heavy (non-hydrogen) atoms. The molecule has 0 saturated carbocycles. The molecule has 1 aliphatic rings. The minimum atomic E-state index is -4.73. The third kappa shape index (κ3) is 5.82. The first-order valence-electron chi connectivity index (χ1n) is 9.54. The number of carbonyl (C=O) groups is 4. The molecule has 1 atom stereocenters. The number of hydrogen-bond acceptors (Lipinski definition) is 12. The van der Waals surface area contributed by atoms with Gasteiger partial charge in [0.1, 0.15) is 5.70 Å². The molecule has 1 aliphatic heterocycles. The van der Waals surface area contributed by atoms with Crippen LogP contribution in [0.4, 0.5) is 9.59 Å². The Bertz CT molecular complexity index is 815. The van der Waals surface area contributed by atoms with Crippen molar-refractivity contribution in [2.45, 2.75) is 18.1 Å². The average molecular weight is 496 g/mol. The molecule has 1 rings (SSSR count). The minimum Gasteiger partial charge on any atom is -0.467 e. The Balaban J connectivity index is 4.23. The number of amides is 2. The molecule has 0 aromatic heterocycles. The lowest BCUT2D eigenvalue weighted by Gasteiger charge is -2.41. The van der Waals surface area contributed by atoms with Gasteiger partial charge >= 0.3 is 31.7 Å². The van der Waals surface area contributed by atoms with Gasteiger partial charge in [0.05, 0.1) is 28.4 Å². The molecule has 15 heteroatoms. The second kappa shape index (κ2) is 12.5. The summed E-state index contributed by atoms with van der Waals surface area (Å²) in [6.45, 7) is 0.362. The summed E-state index contributed by atoms with van der Waals surface area (Å²) in [4.78, 5) is 50.6. The first-order valence-corrected chi connectivity index (χ1v) is 11.1. The number of ether oxygens (including phenoxy) is 5. The summed E-state index contributed by atoms with van der Waals surface area (Å²) >= 11 is 0. The van der Waals surface area contributed by atoms with Crippen molar-refractivity contribution in [1.82, 2.24) is 10.6 Å². The van der Waals surface area contributed by atoms with Crippen molar-refractivity contribution in [3.63, 3.8) is 0 Å². The van der Waals surface area contributed by atoms with Crippen LogP contribution in [-0.4, -0.2) is 85.3 Å². The van der Waals surface area contributed by atoms with E-state index < -0.39 is 48.6 Å². The Kier molecular flexibility index (Phi) is 10.8. The number of carbonyl (C=O) groups excluding carboxylic acids is 4. The Labute approximate surface area is 190 Å². The first-order chi connectivity index (χ1) is 15.6. The van der Waals surface area contributed by atoms with Gasteiger partial charge in [-0.3, -0.25) is 15.2 Å². The van der Waals surface area contributed by atoms with Crippen molar-refractivity contribution in [2.75, 3.05) is 55.9 Å². The first kappa shape index (κ1) is 28.4.